The zero-order valence-electron chi connectivity index (χ0n) is 24.6. The number of nitrogens with zero attached hydrogens (tertiary/aromatic N) is 3. The minimum atomic E-state index is -3.43. The van der Waals surface area contributed by atoms with Crippen molar-refractivity contribution in [3.8, 4) is 0 Å². The standard InChI is InChI=1S/C31H37BrFN3O6Si/c1-19-28(43(2,3)33)26(16-27(38)34-12-4-5-23(34)18-37)42-31(19)24-15-21(32)8-11-25(24)36(29(31)39)17-20-6-9-22(10-7-20)35-13-14-41-30(35)40/h6-11,15,19,23,26,28,37H,4-5,12-14,16-18H2,1-3H3/t19-,23+,26+,28-,31+/m1/s1. The fourth-order valence-corrected chi connectivity index (χ4v) is 10.5. The molecule has 2 aromatic rings. The van der Waals surface area contributed by atoms with Crippen molar-refractivity contribution in [2.24, 2.45) is 5.92 Å². The summed E-state index contributed by atoms with van der Waals surface area (Å²) >= 11 is 3.56. The van der Waals surface area contributed by atoms with Gasteiger partial charge >= 0.3 is 6.09 Å². The second-order valence-electron chi connectivity index (χ2n) is 12.5. The van der Waals surface area contributed by atoms with Crippen LogP contribution in [0.2, 0.25) is 18.6 Å². The molecule has 1 N–H and O–H groups in total. The van der Waals surface area contributed by atoms with Crippen molar-refractivity contribution in [2.45, 2.75) is 69.1 Å². The van der Waals surface area contributed by atoms with Gasteiger partial charge in [-0.25, -0.2) is 4.79 Å². The normalized spacial score (nSPS) is 28.7. The number of halogens is 2. The second kappa shape index (κ2) is 11.3. The number of hydrogen-bond acceptors (Lipinski definition) is 6. The number of fused-ring (bicyclic) bond motifs is 2. The number of amides is 3. The lowest BCUT2D eigenvalue weighted by Crippen LogP contribution is -2.45. The molecule has 3 saturated heterocycles. The fraction of sp³-hybridized carbons (Fsp3) is 0.516. The van der Waals surface area contributed by atoms with E-state index < -0.39 is 31.6 Å². The monoisotopic (exact) mass is 673 g/mol. The van der Waals surface area contributed by atoms with Crippen molar-refractivity contribution in [3.05, 3.63) is 58.1 Å². The van der Waals surface area contributed by atoms with E-state index in [0.29, 0.717) is 30.9 Å². The van der Waals surface area contributed by atoms with Crippen LogP contribution in [0, 0.1) is 5.92 Å². The first-order valence-electron chi connectivity index (χ1n) is 14.9. The number of aliphatic hydroxyl groups is 1. The van der Waals surface area contributed by atoms with Crippen molar-refractivity contribution < 1.29 is 33.1 Å². The van der Waals surface area contributed by atoms with Gasteiger partial charge in [-0.05, 0) is 61.8 Å². The van der Waals surface area contributed by atoms with Gasteiger partial charge < -0.3 is 28.5 Å². The molecule has 4 heterocycles. The molecular weight excluding hydrogens is 637 g/mol. The summed E-state index contributed by atoms with van der Waals surface area (Å²) in [4.78, 5) is 45.0. The van der Waals surface area contributed by atoms with Crippen LogP contribution in [0.5, 0.6) is 0 Å². The van der Waals surface area contributed by atoms with Gasteiger partial charge in [-0.2, -0.15) is 0 Å². The molecule has 4 aliphatic heterocycles. The molecule has 0 radical (unpaired) electrons. The van der Waals surface area contributed by atoms with E-state index in [2.05, 4.69) is 15.9 Å². The summed E-state index contributed by atoms with van der Waals surface area (Å²) in [6.07, 6.45) is 0.357. The van der Waals surface area contributed by atoms with Crippen molar-refractivity contribution >= 4 is 53.6 Å². The Hall–Kier alpha value is -2.80. The number of carbonyl (C=O) groups is 3. The molecule has 12 heteroatoms. The molecule has 3 amide bonds. The summed E-state index contributed by atoms with van der Waals surface area (Å²) < 4.78 is 28.7. The molecule has 3 fully saturated rings. The van der Waals surface area contributed by atoms with Crippen LogP contribution in [0.15, 0.2) is 46.9 Å². The van der Waals surface area contributed by atoms with Gasteiger partial charge in [0.1, 0.15) is 6.61 Å². The average molecular weight is 675 g/mol. The highest BCUT2D eigenvalue weighted by Gasteiger charge is 2.67. The van der Waals surface area contributed by atoms with Crippen LogP contribution in [0.4, 0.5) is 20.3 Å². The Kier molecular flexibility index (Phi) is 7.93. The molecule has 0 unspecified atom stereocenters. The van der Waals surface area contributed by atoms with Crippen LogP contribution in [-0.2, 0) is 31.2 Å². The summed E-state index contributed by atoms with van der Waals surface area (Å²) in [5, 5.41) is 9.78. The van der Waals surface area contributed by atoms with E-state index in [4.69, 9.17) is 9.47 Å². The average Bonchev–Trinajstić information content (AvgIpc) is 3.72. The highest BCUT2D eigenvalue weighted by Crippen LogP contribution is 2.60. The molecule has 43 heavy (non-hydrogen) atoms. The van der Waals surface area contributed by atoms with Crippen LogP contribution in [0.3, 0.4) is 0 Å². The molecule has 0 bridgehead atoms. The molecule has 9 nitrogen and oxygen atoms in total. The third kappa shape index (κ3) is 5.09. The van der Waals surface area contributed by atoms with Gasteiger partial charge in [-0.15, -0.1) is 0 Å². The molecule has 4 aliphatic rings. The van der Waals surface area contributed by atoms with Gasteiger partial charge in [0, 0.05) is 33.7 Å². The molecule has 2 aromatic carbocycles. The zero-order valence-corrected chi connectivity index (χ0v) is 27.2. The molecular formula is C31H37BrFN3O6Si. The van der Waals surface area contributed by atoms with Gasteiger partial charge in [-0.3, -0.25) is 14.5 Å². The predicted molar refractivity (Wildman–Crippen MR) is 165 cm³/mol. The van der Waals surface area contributed by atoms with Gasteiger partial charge in [0.25, 0.3) is 5.91 Å². The number of anilines is 2. The topological polar surface area (TPSA) is 99.6 Å². The Morgan fingerprint density at radius 3 is 2.56 bits per heavy atom. The zero-order chi connectivity index (χ0) is 30.7. The van der Waals surface area contributed by atoms with E-state index >= 15 is 4.11 Å². The van der Waals surface area contributed by atoms with Crippen LogP contribution in [0.1, 0.15) is 37.3 Å². The number of cyclic esters (lactones) is 1. The van der Waals surface area contributed by atoms with Crippen LogP contribution in [0.25, 0.3) is 0 Å². The molecule has 230 valence electrons. The Bertz CT molecular complexity index is 1440. The number of aliphatic hydroxyl groups excluding tert-OH is 1. The highest BCUT2D eigenvalue weighted by atomic mass is 79.9. The van der Waals surface area contributed by atoms with Crippen molar-refractivity contribution in [1.29, 1.82) is 0 Å². The van der Waals surface area contributed by atoms with Gasteiger partial charge in [0.2, 0.25) is 14.3 Å². The quantitative estimate of drug-likeness (QED) is 0.324. The van der Waals surface area contributed by atoms with Crippen molar-refractivity contribution in [3.63, 3.8) is 0 Å². The lowest BCUT2D eigenvalue weighted by atomic mass is 9.82. The first-order valence-corrected chi connectivity index (χ1v) is 18.6. The molecule has 0 aromatic heterocycles. The predicted octanol–water partition coefficient (Wildman–Crippen LogP) is 5.10. The SMILES string of the molecule is C[C@@H]1[C@@H]([Si](C)(C)F)[C@H](CC(=O)N2CCC[C@H]2CO)O[C@@]12C(=O)N(Cc1ccc(N3CCOC3=O)cc1)c1ccc(Br)cc12. The van der Waals surface area contributed by atoms with Gasteiger partial charge in [-0.1, -0.05) is 35.0 Å². The first kappa shape index (κ1) is 30.2. The van der Waals surface area contributed by atoms with E-state index in [1.807, 2.05) is 49.4 Å². The van der Waals surface area contributed by atoms with Crippen molar-refractivity contribution in [2.75, 3.05) is 36.1 Å². The third-order valence-corrected chi connectivity index (χ3v) is 12.5. The van der Waals surface area contributed by atoms with Crippen LogP contribution >= 0.6 is 15.9 Å². The summed E-state index contributed by atoms with van der Waals surface area (Å²) in [6.45, 7) is 6.66. The first-order chi connectivity index (χ1) is 20.5. The highest BCUT2D eigenvalue weighted by molar-refractivity contribution is 9.10. The number of benzene rings is 2. The Labute approximate surface area is 260 Å². The fourth-order valence-electron chi connectivity index (χ4n) is 7.61. The van der Waals surface area contributed by atoms with Crippen molar-refractivity contribution in [1.82, 2.24) is 4.90 Å². The van der Waals surface area contributed by atoms with E-state index in [0.717, 1.165) is 28.6 Å². The maximum absolute atomic E-state index is 16.1. The third-order valence-electron chi connectivity index (χ3n) is 9.56. The van der Waals surface area contributed by atoms with E-state index in [9.17, 15) is 19.5 Å². The van der Waals surface area contributed by atoms with E-state index in [1.165, 1.54) is 0 Å². The minimum absolute atomic E-state index is 0.0371. The van der Waals surface area contributed by atoms with E-state index in [1.54, 1.807) is 27.8 Å². The Morgan fingerprint density at radius 2 is 1.91 bits per heavy atom. The summed E-state index contributed by atoms with van der Waals surface area (Å²) in [5.41, 5.74) is 0.904. The maximum Gasteiger partial charge on any atom is 0.414 e. The maximum atomic E-state index is 16.1. The lowest BCUT2D eigenvalue weighted by molar-refractivity contribution is -0.150. The van der Waals surface area contributed by atoms with Gasteiger partial charge in [0.05, 0.1) is 44.0 Å². The summed E-state index contributed by atoms with van der Waals surface area (Å²) in [5.74, 6) is -0.959. The molecule has 1 spiro atoms. The lowest BCUT2D eigenvalue weighted by Gasteiger charge is -2.31. The molecule has 0 saturated carbocycles. The number of likely N-dealkylation sites (tertiary alicyclic amines) is 1. The Balaban J connectivity index is 1.32. The Morgan fingerprint density at radius 1 is 1.16 bits per heavy atom. The molecule has 0 aliphatic carbocycles. The number of hydrogen-bond donors (Lipinski definition) is 1. The number of ether oxygens (including phenoxy) is 2. The molecule has 5 atom stereocenters. The summed E-state index contributed by atoms with van der Waals surface area (Å²) in [6, 6.07) is 12.8. The molecule has 6 rings (SSSR count). The number of carbonyl (C=O) groups excluding carboxylic acids is 3. The van der Waals surface area contributed by atoms with Gasteiger partial charge in [0.15, 0.2) is 5.60 Å². The van der Waals surface area contributed by atoms with Crippen LogP contribution < -0.4 is 9.80 Å². The van der Waals surface area contributed by atoms with Crippen LogP contribution in [-0.4, -0.2) is 74.8 Å². The largest absolute Gasteiger partial charge is 0.447 e. The summed E-state index contributed by atoms with van der Waals surface area (Å²) in [7, 11) is -3.43. The number of rotatable bonds is 7. The minimum Gasteiger partial charge on any atom is -0.447 e. The van der Waals surface area contributed by atoms with E-state index in [-0.39, 0.29) is 43.5 Å². The second-order valence-corrected chi connectivity index (χ2v) is 17.2. The smallest absolute Gasteiger partial charge is 0.414 e.